The number of nitrogens with one attached hydrogen (secondary N) is 1. The number of carbonyl (C=O) groups excluding carboxylic acids is 2. The van der Waals surface area contributed by atoms with E-state index in [0.717, 1.165) is 17.5 Å². The number of benzene rings is 3. The first kappa shape index (κ1) is 26.7. The van der Waals surface area contributed by atoms with Crippen molar-refractivity contribution < 1.29 is 23.5 Å². The molecule has 0 heterocycles. The maximum Gasteiger partial charge on any atom is 0.261 e. The van der Waals surface area contributed by atoms with Gasteiger partial charge < -0.3 is 19.7 Å². The molecule has 6 nitrogen and oxygen atoms in total. The van der Waals surface area contributed by atoms with Crippen molar-refractivity contribution in [1.29, 1.82) is 0 Å². The molecule has 0 unspecified atom stereocenters. The minimum absolute atomic E-state index is 0.0177. The molecule has 0 saturated carbocycles. The lowest BCUT2D eigenvalue weighted by Crippen LogP contribution is -2.53. The van der Waals surface area contributed by atoms with Crippen molar-refractivity contribution in [3.8, 4) is 11.5 Å². The summed E-state index contributed by atoms with van der Waals surface area (Å²) in [5, 5.41) is 3.02. The summed E-state index contributed by atoms with van der Waals surface area (Å²) in [4.78, 5) is 28.5. The first-order chi connectivity index (χ1) is 17.4. The van der Waals surface area contributed by atoms with E-state index in [1.54, 1.807) is 19.2 Å². The molecule has 0 aliphatic rings. The van der Waals surface area contributed by atoms with E-state index in [4.69, 9.17) is 9.47 Å². The molecule has 1 N–H and O–H groups in total. The van der Waals surface area contributed by atoms with E-state index in [0.29, 0.717) is 12.2 Å². The average Bonchev–Trinajstić information content (AvgIpc) is 2.90. The zero-order valence-corrected chi connectivity index (χ0v) is 20.9. The molecule has 0 aliphatic heterocycles. The summed E-state index contributed by atoms with van der Waals surface area (Å²) in [6.45, 7) is 3.65. The van der Waals surface area contributed by atoms with Crippen LogP contribution in [-0.2, 0) is 22.6 Å². The molecule has 2 atom stereocenters. The van der Waals surface area contributed by atoms with Crippen LogP contribution in [0.25, 0.3) is 0 Å². The van der Waals surface area contributed by atoms with Gasteiger partial charge in [0.05, 0.1) is 7.11 Å². The highest BCUT2D eigenvalue weighted by Crippen LogP contribution is 2.20. The van der Waals surface area contributed by atoms with E-state index in [9.17, 15) is 14.0 Å². The van der Waals surface area contributed by atoms with Crippen LogP contribution < -0.4 is 14.8 Å². The number of carbonyl (C=O) groups is 2. The average molecular weight is 493 g/mol. The van der Waals surface area contributed by atoms with Gasteiger partial charge in [0, 0.05) is 19.0 Å². The molecule has 0 spiro atoms. The van der Waals surface area contributed by atoms with Crippen LogP contribution in [0.3, 0.4) is 0 Å². The number of halogens is 1. The zero-order valence-electron chi connectivity index (χ0n) is 20.9. The van der Waals surface area contributed by atoms with Crippen molar-refractivity contribution in [2.45, 2.75) is 45.3 Å². The molecular formula is C29H33FN2O4. The van der Waals surface area contributed by atoms with Crippen molar-refractivity contribution in [2.75, 3.05) is 13.7 Å². The molecule has 36 heavy (non-hydrogen) atoms. The van der Waals surface area contributed by atoms with Crippen LogP contribution >= 0.6 is 0 Å². The summed E-state index contributed by atoms with van der Waals surface area (Å²) >= 11 is 0. The van der Waals surface area contributed by atoms with Crippen molar-refractivity contribution >= 4 is 11.8 Å². The minimum Gasteiger partial charge on any atom is -0.497 e. The summed E-state index contributed by atoms with van der Waals surface area (Å²) in [5.74, 6) is -0.612. The zero-order chi connectivity index (χ0) is 25.9. The van der Waals surface area contributed by atoms with E-state index in [1.807, 2.05) is 68.4 Å². The van der Waals surface area contributed by atoms with Gasteiger partial charge in [-0.05, 0) is 48.7 Å². The Labute approximate surface area is 212 Å². The fourth-order valence-corrected chi connectivity index (χ4v) is 3.75. The van der Waals surface area contributed by atoms with Crippen molar-refractivity contribution in [2.24, 2.45) is 0 Å². The van der Waals surface area contributed by atoms with Gasteiger partial charge in [-0.25, -0.2) is 4.39 Å². The number of para-hydroxylation sites is 1. The Morgan fingerprint density at radius 2 is 1.67 bits per heavy atom. The number of amides is 2. The molecule has 0 aromatic heterocycles. The second kappa shape index (κ2) is 13.3. The van der Waals surface area contributed by atoms with E-state index in [2.05, 4.69) is 5.32 Å². The molecule has 0 fully saturated rings. The molecule has 7 heteroatoms. The van der Waals surface area contributed by atoms with Crippen LogP contribution in [0.1, 0.15) is 31.4 Å². The molecule has 0 radical (unpaired) electrons. The monoisotopic (exact) mass is 492 g/mol. The van der Waals surface area contributed by atoms with Gasteiger partial charge in [-0.1, -0.05) is 61.5 Å². The van der Waals surface area contributed by atoms with E-state index in [1.165, 1.54) is 17.0 Å². The Balaban J connectivity index is 1.94. The van der Waals surface area contributed by atoms with Gasteiger partial charge in [-0.2, -0.15) is 0 Å². The first-order valence-corrected chi connectivity index (χ1v) is 12.0. The molecular weight excluding hydrogens is 459 g/mol. The number of methoxy groups -OCH3 is 1. The topological polar surface area (TPSA) is 67.9 Å². The summed E-state index contributed by atoms with van der Waals surface area (Å²) in [7, 11) is 1.57. The first-order valence-electron chi connectivity index (χ1n) is 12.0. The van der Waals surface area contributed by atoms with Crippen LogP contribution in [0.2, 0.25) is 0 Å². The number of hydrogen-bond acceptors (Lipinski definition) is 4. The van der Waals surface area contributed by atoms with Crippen molar-refractivity contribution in [1.82, 2.24) is 10.2 Å². The Morgan fingerprint density at radius 3 is 2.36 bits per heavy atom. The lowest BCUT2D eigenvalue weighted by molar-refractivity contribution is -0.143. The number of rotatable bonds is 12. The Morgan fingerprint density at radius 1 is 0.972 bits per heavy atom. The third kappa shape index (κ3) is 7.57. The maximum absolute atomic E-state index is 14.1. The molecule has 2 amide bonds. The molecule has 3 rings (SSSR count). The fourth-order valence-electron chi connectivity index (χ4n) is 3.75. The largest absolute Gasteiger partial charge is 0.497 e. The van der Waals surface area contributed by atoms with Crippen molar-refractivity contribution in [3.05, 3.63) is 95.8 Å². The number of hydrogen-bond donors (Lipinski definition) is 1. The predicted molar refractivity (Wildman–Crippen MR) is 137 cm³/mol. The molecule has 3 aromatic rings. The highest BCUT2D eigenvalue weighted by molar-refractivity contribution is 5.88. The molecule has 0 bridgehead atoms. The lowest BCUT2D eigenvalue weighted by Gasteiger charge is -2.32. The third-order valence-corrected chi connectivity index (χ3v) is 5.95. The second-order valence-electron chi connectivity index (χ2n) is 8.62. The molecule has 190 valence electrons. The van der Waals surface area contributed by atoms with Crippen LogP contribution in [0, 0.1) is 5.82 Å². The number of nitrogens with zero attached hydrogens (tertiary/aromatic N) is 1. The fraction of sp³-hybridized carbons (Fsp3) is 0.310. The number of ether oxygens (including phenoxy) is 2. The van der Waals surface area contributed by atoms with Gasteiger partial charge in [0.25, 0.3) is 5.91 Å². The predicted octanol–water partition coefficient (Wildman–Crippen LogP) is 4.77. The standard InChI is InChI=1S/C29H33FN2O4/c1-4-21(2)31-29(34)26(18-22-11-6-5-7-12-22)32(19-23-13-10-14-24(17-23)35-3)28(33)20-36-27-16-9-8-15-25(27)30/h5-17,21,26H,4,18-20H2,1-3H3,(H,31,34)/t21-,26-/m0/s1. The molecule has 0 saturated heterocycles. The van der Waals surface area contributed by atoms with Gasteiger partial charge >= 0.3 is 0 Å². The lowest BCUT2D eigenvalue weighted by atomic mass is 10.0. The second-order valence-corrected chi connectivity index (χ2v) is 8.62. The van der Waals surface area contributed by atoms with Gasteiger partial charge in [0.2, 0.25) is 5.91 Å². The van der Waals surface area contributed by atoms with Gasteiger partial charge in [0.1, 0.15) is 11.8 Å². The summed E-state index contributed by atoms with van der Waals surface area (Å²) in [5.41, 5.74) is 1.71. The smallest absolute Gasteiger partial charge is 0.261 e. The van der Waals surface area contributed by atoms with E-state index in [-0.39, 0.29) is 24.2 Å². The molecule has 3 aromatic carbocycles. The van der Waals surface area contributed by atoms with Crippen LogP contribution in [0.5, 0.6) is 11.5 Å². The van der Waals surface area contributed by atoms with Gasteiger partial charge in [-0.15, -0.1) is 0 Å². The van der Waals surface area contributed by atoms with Crippen LogP contribution in [-0.4, -0.2) is 42.5 Å². The molecule has 0 aliphatic carbocycles. The summed E-state index contributed by atoms with van der Waals surface area (Å²) in [6, 6.07) is 21.9. The van der Waals surface area contributed by atoms with E-state index >= 15 is 0 Å². The Bertz CT molecular complexity index is 1140. The van der Waals surface area contributed by atoms with Crippen LogP contribution in [0.4, 0.5) is 4.39 Å². The SMILES string of the molecule is CC[C@H](C)NC(=O)[C@H](Cc1ccccc1)N(Cc1cccc(OC)c1)C(=O)COc1ccccc1F. The Kier molecular flexibility index (Phi) is 9.86. The van der Waals surface area contributed by atoms with Crippen molar-refractivity contribution in [3.63, 3.8) is 0 Å². The summed E-state index contributed by atoms with van der Waals surface area (Å²) in [6.07, 6.45) is 1.07. The highest BCUT2D eigenvalue weighted by Gasteiger charge is 2.31. The van der Waals surface area contributed by atoms with E-state index < -0.39 is 24.4 Å². The van der Waals surface area contributed by atoms with Crippen LogP contribution in [0.15, 0.2) is 78.9 Å². The van der Waals surface area contributed by atoms with Gasteiger partial charge in [0.15, 0.2) is 18.2 Å². The highest BCUT2D eigenvalue weighted by atomic mass is 19.1. The normalized spacial score (nSPS) is 12.3. The van der Waals surface area contributed by atoms with Gasteiger partial charge in [-0.3, -0.25) is 9.59 Å². The quantitative estimate of drug-likeness (QED) is 0.396. The Hall–Kier alpha value is -3.87. The maximum atomic E-state index is 14.1. The summed E-state index contributed by atoms with van der Waals surface area (Å²) < 4.78 is 25.0. The minimum atomic E-state index is -0.802. The third-order valence-electron chi connectivity index (χ3n) is 5.95.